The van der Waals surface area contributed by atoms with Crippen LogP contribution in [-0.2, 0) is 12.7 Å². The Morgan fingerprint density at radius 3 is 2.35 bits per heavy atom. The monoisotopic (exact) mass is 285 g/mol. The molecule has 2 N–H and O–H groups in total. The van der Waals surface area contributed by atoms with Gasteiger partial charge in [-0.2, -0.15) is 18.3 Å². The van der Waals surface area contributed by atoms with Gasteiger partial charge in [-0.15, -0.1) is 0 Å². The van der Waals surface area contributed by atoms with Crippen molar-refractivity contribution < 1.29 is 17.9 Å². The zero-order chi connectivity index (χ0) is 14.9. The molecule has 0 spiro atoms. The number of ether oxygens (including phenoxy) is 1. The molecule has 4 nitrogen and oxygen atoms in total. The van der Waals surface area contributed by atoms with E-state index >= 15 is 0 Å². The Bertz CT molecular complexity index is 603. The first-order valence-electron chi connectivity index (χ1n) is 6.01. The fourth-order valence-corrected chi connectivity index (χ4v) is 1.72. The van der Waals surface area contributed by atoms with Crippen LogP contribution in [0.2, 0.25) is 0 Å². The molecule has 1 heterocycles. The minimum absolute atomic E-state index is 0.277. The topological polar surface area (TPSA) is 53.1 Å². The van der Waals surface area contributed by atoms with Crippen molar-refractivity contribution in [2.75, 3.05) is 5.73 Å². The summed E-state index contributed by atoms with van der Waals surface area (Å²) in [4.78, 5) is 0. The molecule has 0 saturated carbocycles. The predicted octanol–water partition coefficient (Wildman–Crippen LogP) is 3.60. The van der Waals surface area contributed by atoms with E-state index in [0.29, 0.717) is 23.8 Å². The molecule has 0 aliphatic rings. The van der Waals surface area contributed by atoms with E-state index in [4.69, 9.17) is 10.5 Å². The first-order chi connectivity index (χ1) is 9.32. The Kier molecular flexibility index (Phi) is 3.61. The van der Waals surface area contributed by atoms with E-state index in [-0.39, 0.29) is 5.75 Å². The molecule has 2 aromatic rings. The fourth-order valence-electron chi connectivity index (χ4n) is 1.72. The van der Waals surface area contributed by atoms with Gasteiger partial charge in [0.1, 0.15) is 11.4 Å². The molecule has 2 rings (SSSR count). The van der Waals surface area contributed by atoms with Gasteiger partial charge in [0.05, 0.1) is 11.3 Å². The smallest absolute Gasteiger partial charge is 0.416 e. The highest BCUT2D eigenvalue weighted by atomic mass is 19.4. The molecule has 1 aromatic carbocycles. The summed E-state index contributed by atoms with van der Waals surface area (Å²) >= 11 is 0. The number of alkyl halides is 3. The number of aromatic nitrogens is 2. The number of nitrogen functional groups attached to an aromatic ring is 1. The number of anilines is 1. The molecule has 0 bridgehead atoms. The van der Waals surface area contributed by atoms with Crippen molar-refractivity contribution in [2.24, 2.45) is 0 Å². The van der Waals surface area contributed by atoms with Crippen molar-refractivity contribution in [3.05, 3.63) is 35.5 Å². The van der Waals surface area contributed by atoms with Crippen molar-refractivity contribution >= 4 is 5.69 Å². The summed E-state index contributed by atoms with van der Waals surface area (Å²) < 4.78 is 44.5. The van der Waals surface area contributed by atoms with E-state index in [1.807, 2.05) is 6.92 Å². The molecular weight excluding hydrogens is 271 g/mol. The van der Waals surface area contributed by atoms with Crippen LogP contribution < -0.4 is 10.5 Å². The Labute approximate surface area is 114 Å². The second kappa shape index (κ2) is 5.07. The number of nitrogens with zero attached hydrogens (tertiary/aromatic N) is 2. The van der Waals surface area contributed by atoms with Crippen LogP contribution in [0, 0.1) is 6.92 Å². The van der Waals surface area contributed by atoms with E-state index in [1.54, 1.807) is 11.6 Å². The van der Waals surface area contributed by atoms with Crippen LogP contribution >= 0.6 is 0 Å². The van der Waals surface area contributed by atoms with E-state index < -0.39 is 11.7 Å². The summed E-state index contributed by atoms with van der Waals surface area (Å²) in [5.41, 5.74) is 6.11. The van der Waals surface area contributed by atoms with Crippen LogP contribution in [0.3, 0.4) is 0 Å². The Hall–Kier alpha value is -2.18. The van der Waals surface area contributed by atoms with Crippen LogP contribution in [0.5, 0.6) is 11.6 Å². The van der Waals surface area contributed by atoms with Gasteiger partial charge >= 0.3 is 6.18 Å². The summed E-state index contributed by atoms with van der Waals surface area (Å²) in [5, 5.41) is 4.17. The van der Waals surface area contributed by atoms with Gasteiger partial charge in [0.2, 0.25) is 5.88 Å². The molecule has 0 atom stereocenters. The maximum Gasteiger partial charge on any atom is 0.416 e. The highest BCUT2D eigenvalue weighted by Crippen LogP contribution is 2.33. The highest BCUT2D eigenvalue weighted by molar-refractivity contribution is 5.54. The first-order valence-corrected chi connectivity index (χ1v) is 6.01. The molecule has 0 fully saturated rings. The Balaban J connectivity index is 2.27. The van der Waals surface area contributed by atoms with Crippen molar-refractivity contribution in [3.63, 3.8) is 0 Å². The molecule has 0 unspecified atom stereocenters. The van der Waals surface area contributed by atoms with Crippen molar-refractivity contribution in [1.29, 1.82) is 0 Å². The maximum atomic E-state index is 12.5. The summed E-state index contributed by atoms with van der Waals surface area (Å²) in [7, 11) is 0. The predicted molar refractivity (Wildman–Crippen MR) is 68.6 cm³/mol. The summed E-state index contributed by atoms with van der Waals surface area (Å²) in [6.45, 7) is 4.15. The third-order valence-electron chi connectivity index (χ3n) is 2.82. The average Bonchev–Trinajstić information content (AvgIpc) is 2.66. The van der Waals surface area contributed by atoms with E-state index in [2.05, 4.69) is 5.10 Å². The Morgan fingerprint density at radius 1 is 1.25 bits per heavy atom. The minimum atomic E-state index is -4.36. The highest BCUT2D eigenvalue weighted by Gasteiger charge is 2.30. The van der Waals surface area contributed by atoms with Gasteiger partial charge in [-0.1, -0.05) is 0 Å². The van der Waals surface area contributed by atoms with Crippen LogP contribution in [-0.4, -0.2) is 9.78 Å². The molecular formula is C13H14F3N3O. The molecule has 108 valence electrons. The SMILES string of the molecule is CCn1nc(C)c(N)c1Oc1ccc(C(F)(F)F)cc1. The lowest BCUT2D eigenvalue weighted by molar-refractivity contribution is -0.137. The number of nitrogens with two attached hydrogens (primary N) is 1. The van der Waals surface area contributed by atoms with Gasteiger partial charge in [0.15, 0.2) is 0 Å². The van der Waals surface area contributed by atoms with Gasteiger partial charge in [-0.05, 0) is 38.1 Å². The van der Waals surface area contributed by atoms with Gasteiger partial charge in [-0.25, -0.2) is 4.68 Å². The molecule has 1 aromatic heterocycles. The van der Waals surface area contributed by atoms with Crippen molar-refractivity contribution in [3.8, 4) is 11.6 Å². The fraction of sp³-hybridized carbons (Fsp3) is 0.308. The Morgan fingerprint density at radius 2 is 1.85 bits per heavy atom. The standard InChI is InChI=1S/C13H14F3N3O/c1-3-19-12(11(17)8(2)18-19)20-10-6-4-9(5-7-10)13(14,15)16/h4-7H,3,17H2,1-2H3. The number of hydrogen-bond donors (Lipinski definition) is 1. The second-order valence-corrected chi connectivity index (χ2v) is 4.24. The summed E-state index contributed by atoms with van der Waals surface area (Å²) in [5.74, 6) is 0.615. The average molecular weight is 285 g/mol. The van der Waals surface area contributed by atoms with Gasteiger partial charge < -0.3 is 10.5 Å². The van der Waals surface area contributed by atoms with Crippen LogP contribution in [0.1, 0.15) is 18.2 Å². The summed E-state index contributed by atoms with van der Waals surface area (Å²) in [6, 6.07) is 4.44. The molecule has 0 aliphatic heterocycles. The van der Waals surface area contributed by atoms with Crippen molar-refractivity contribution in [1.82, 2.24) is 9.78 Å². The lowest BCUT2D eigenvalue weighted by Gasteiger charge is -2.10. The number of hydrogen-bond acceptors (Lipinski definition) is 3. The maximum absolute atomic E-state index is 12.5. The third-order valence-corrected chi connectivity index (χ3v) is 2.82. The lowest BCUT2D eigenvalue weighted by Crippen LogP contribution is -2.04. The number of aryl methyl sites for hydroxylation is 2. The number of rotatable bonds is 3. The number of halogens is 3. The van der Waals surface area contributed by atoms with Gasteiger partial charge in [0.25, 0.3) is 0 Å². The zero-order valence-electron chi connectivity index (χ0n) is 11.0. The van der Waals surface area contributed by atoms with E-state index in [0.717, 1.165) is 12.1 Å². The van der Waals surface area contributed by atoms with E-state index in [1.165, 1.54) is 12.1 Å². The quantitative estimate of drug-likeness (QED) is 0.937. The minimum Gasteiger partial charge on any atom is -0.437 e. The largest absolute Gasteiger partial charge is 0.437 e. The normalized spacial score (nSPS) is 11.7. The molecule has 7 heteroatoms. The molecule has 20 heavy (non-hydrogen) atoms. The molecule has 0 aliphatic carbocycles. The van der Waals surface area contributed by atoms with E-state index in [9.17, 15) is 13.2 Å². The van der Waals surface area contributed by atoms with Crippen LogP contribution in [0.4, 0.5) is 18.9 Å². The number of benzene rings is 1. The van der Waals surface area contributed by atoms with Gasteiger partial charge in [0, 0.05) is 6.54 Å². The second-order valence-electron chi connectivity index (χ2n) is 4.24. The lowest BCUT2D eigenvalue weighted by atomic mass is 10.2. The van der Waals surface area contributed by atoms with Crippen LogP contribution in [0.25, 0.3) is 0 Å². The zero-order valence-corrected chi connectivity index (χ0v) is 11.0. The molecule has 0 amide bonds. The molecule has 0 saturated heterocycles. The molecule has 0 radical (unpaired) electrons. The third kappa shape index (κ3) is 2.71. The summed E-state index contributed by atoms with van der Waals surface area (Å²) in [6.07, 6.45) is -4.36. The van der Waals surface area contributed by atoms with Crippen molar-refractivity contribution in [2.45, 2.75) is 26.6 Å². The first kappa shape index (κ1) is 14.2. The van der Waals surface area contributed by atoms with Gasteiger partial charge in [-0.3, -0.25) is 0 Å². The van der Waals surface area contributed by atoms with Crippen LogP contribution in [0.15, 0.2) is 24.3 Å².